The number of pyridine rings is 1. The number of hydrogen-bond acceptors (Lipinski definition) is 8. The lowest BCUT2D eigenvalue weighted by atomic mass is 10.2. The number of benzene rings is 1. The van der Waals surface area contributed by atoms with Gasteiger partial charge < -0.3 is 19.5 Å². The minimum absolute atomic E-state index is 0.163. The third-order valence-electron chi connectivity index (χ3n) is 4.77. The molecule has 0 aliphatic carbocycles. The van der Waals surface area contributed by atoms with Gasteiger partial charge in [-0.3, -0.25) is 4.90 Å². The van der Waals surface area contributed by atoms with Gasteiger partial charge in [-0.2, -0.15) is 5.26 Å². The number of β-amino-alcohol motifs (C(OH)–C–C–N with tert-alkyl or cyclic N) is 1. The van der Waals surface area contributed by atoms with Gasteiger partial charge in [-0.25, -0.2) is 9.78 Å². The van der Waals surface area contributed by atoms with E-state index in [-0.39, 0.29) is 6.61 Å². The van der Waals surface area contributed by atoms with Gasteiger partial charge in [-0.15, -0.1) is 0 Å². The number of carbonyl (C=O) groups excluding carboxylic acids is 1. The highest BCUT2D eigenvalue weighted by molar-refractivity contribution is 5.89. The molecule has 1 saturated heterocycles. The van der Waals surface area contributed by atoms with Gasteiger partial charge in [-0.1, -0.05) is 0 Å². The largest absolute Gasteiger partial charge is 0.491 e. The molecule has 1 N–H and O–H groups in total. The molecule has 0 saturated carbocycles. The van der Waals surface area contributed by atoms with Gasteiger partial charge in [0.2, 0.25) is 0 Å². The van der Waals surface area contributed by atoms with Crippen LogP contribution in [0, 0.1) is 11.3 Å². The monoisotopic (exact) mass is 396 g/mol. The molecular formula is C21H24N4O4. The molecule has 2 aromatic rings. The smallest absolute Gasteiger partial charge is 0.337 e. The van der Waals surface area contributed by atoms with E-state index in [0.29, 0.717) is 29.2 Å². The average molecular weight is 396 g/mol. The fourth-order valence-electron chi connectivity index (χ4n) is 3.23. The van der Waals surface area contributed by atoms with Crippen LogP contribution in [0.15, 0.2) is 42.6 Å². The SMILES string of the molecule is COC(=O)c1ccc(OC[C@H](O)CN2CCN(c3ncccc3C#N)CC2)cc1. The number of rotatable bonds is 7. The Morgan fingerprint density at radius 2 is 1.97 bits per heavy atom. The number of nitrogens with zero attached hydrogens (tertiary/aromatic N) is 4. The third kappa shape index (κ3) is 5.44. The first-order valence-electron chi connectivity index (χ1n) is 9.42. The lowest BCUT2D eigenvalue weighted by Gasteiger charge is -2.36. The molecule has 2 heterocycles. The van der Waals surface area contributed by atoms with Crippen LogP contribution in [0.3, 0.4) is 0 Å². The molecule has 1 aliphatic rings. The van der Waals surface area contributed by atoms with Crippen LogP contribution < -0.4 is 9.64 Å². The van der Waals surface area contributed by atoms with E-state index in [4.69, 9.17) is 4.74 Å². The van der Waals surface area contributed by atoms with Gasteiger partial charge in [0, 0.05) is 38.9 Å². The summed E-state index contributed by atoms with van der Waals surface area (Å²) in [5.41, 5.74) is 1.03. The molecule has 1 atom stereocenters. The molecule has 0 spiro atoms. The Morgan fingerprint density at radius 3 is 2.62 bits per heavy atom. The van der Waals surface area contributed by atoms with Crippen LogP contribution in [0.25, 0.3) is 0 Å². The van der Waals surface area contributed by atoms with Gasteiger partial charge >= 0.3 is 5.97 Å². The fourth-order valence-corrected chi connectivity index (χ4v) is 3.23. The van der Waals surface area contributed by atoms with E-state index in [2.05, 4.69) is 25.6 Å². The predicted molar refractivity (Wildman–Crippen MR) is 107 cm³/mol. The first-order valence-corrected chi connectivity index (χ1v) is 9.42. The summed E-state index contributed by atoms with van der Waals surface area (Å²) in [5, 5.41) is 19.5. The number of methoxy groups -OCH3 is 1. The summed E-state index contributed by atoms with van der Waals surface area (Å²) in [5.74, 6) is 0.901. The fraction of sp³-hybridized carbons (Fsp3) is 0.381. The number of carbonyl (C=O) groups is 1. The molecule has 152 valence electrons. The highest BCUT2D eigenvalue weighted by Crippen LogP contribution is 2.18. The second-order valence-electron chi connectivity index (χ2n) is 6.75. The molecule has 29 heavy (non-hydrogen) atoms. The van der Waals surface area contributed by atoms with Crippen LogP contribution in [0.2, 0.25) is 0 Å². The lowest BCUT2D eigenvalue weighted by molar-refractivity contribution is 0.0599. The summed E-state index contributed by atoms with van der Waals surface area (Å²) in [4.78, 5) is 20.0. The first-order chi connectivity index (χ1) is 14.1. The van der Waals surface area contributed by atoms with Gasteiger partial charge in [0.05, 0.1) is 18.2 Å². The summed E-state index contributed by atoms with van der Waals surface area (Å²) in [6.07, 6.45) is 1.06. The molecule has 0 bridgehead atoms. The van der Waals surface area contributed by atoms with Crippen molar-refractivity contribution in [1.82, 2.24) is 9.88 Å². The maximum Gasteiger partial charge on any atom is 0.337 e. The highest BCUT2D eigenvalue weighted by atomic mass is 16.5. The van der Waals surface area contributed by atoms with Crippen molar-refractivity contribution in [3.8, 4) is 11.8 Å². The van der Waals surface area contributed by atoms with E-state index in [0.717, 1.165) is 26.2 Å². The number of piperazine rings is 1. The number of nitriles is 1. The Bertz CT molecular complexity index is 858. The summed E-state index contributed by atoms with van der Waals surface area (Å²) in [6.45, 7) is 3.69. The van der Waals surface area contributed by atoms with Crippen LogP contribution >= 0.6 is 0 Å². The summed E-state index contributed by atoms with van der Waals surface area (Å²) in [7, 11) is 1.34. The van der Waals surface area contributed by atoms with E-state index in [1.165, 1.54) is 7.11 Å². The minimum Gasteiger partial charge on any atom is -0.491 e. The average Bonchev–Trinajstić information content (AvgIpc) is 2.78. The van der Waals surface area contributed by atoms with Crippen molar-refractivity contribution < 1.29 is 19.4 Å². The molecule has 8 heteroatoms. The molecule has 3 rings (SSSR count). The Hall–Kier alpha value is -3.15. The molecule has 8 nitrogen and oxygen atoms in total. The number of ether oxygens (including phenoxy) is 2. The van der Waals surface area contributed by atoms with E-state index >= 15 is 0 Å². The number of aliphatic hydroxyl groups excluding tert-OH is 1. The Balaban J connectivity index is 1.43. The number of hydrogen-bond donors (Lipinski definition) is 1. The van der Waals surface area contributed by atoms with E-state index in [1.54, 1.807) is 42.6 Å². The zero-order valence-electron chi connectivity index (χ0n) is 16.3. The van der Waals surface area contributed by atoms with Crippen molar-refractivity contribution in [3.05, 3.63) is 53.7 Å². The zero-order chi connectivity index (χ0) is 20.6. The standard InChI is InChI=1S/C21H24N4O4/c1-28-21(27)16-4-6-19(7-5-16)29-15-18(26)14-24-9-11-25(12-10-24)20-17(13-22)3-2-8-23-20/h2-8,18,26H,9-12,14-15H2,1H3/t18-/m1/s1. The molecule has 1 aromatic heterocycles. The van der Waals surface area contributed by atoms with Crippen molar-refractivity contribution in [2.24, 2.45) is 0 Å². The van der Waals surface area contributed by atoms with Crippen LogP contribution in [0.5, 0.6) is 5.75 Å². The first kappa shape index (κ1) is 20.6. The number of aromatic nitrogens is 1. The van der Waals surface area contributed by atoms with Crippen LogP contribution in [0.4, 0.5) is 5.82 Å². The number of esters is 1. The summed E-state index contributed by atoms with van der Waals surface area (Å²) in [6, 6.07) is 12.3. The predicted octanol–water partition coefficient (Wildman–Crippen LogP) is 1.30. The van der Waals surface area contributed by atoms with E-state index < -0.39 is 12.1 Å². The minimum atomic E-state index is -0.633. The quantitative estimate of drug-likeness (QED) is 0.700. The second kappa shape index (κ2) is 9.87. The van der Waals surface area contributed by atoms with Crippen LogP contribution in [-0.4, -0.2) is 73.5 Å². The normalized spacial score (nSPS) is 15.4. The molecule has 0 amide bonds. The highest BCUT2D eigenvalue weighted by Gasteiger charge is 2.22. The van der Waals surface area contributed by atoms with Crippen LogP contribution in [-0.2, 0) is 4.74 Å². The van der Waals surface area contributed by atoms with Gasteiger partial charge in [-0.05, 0) is 36.4 Å². The molecule has 0 radical (unpaired) electrons. The van der Waals surface area contributed by atoms with Crippen molar-refractivity contribution in [2.45, 2.75) is 6.10 Å². The molecular weight excluding hydrogens is 372 g/mol. The van der Waals surface area contributed by atoms with Gasteiger partial charge in [0.1, 0.15) is 30.3 Å². The Kier molecular flexibility index (Phi) is 7.00. The zero-order valence-corrected chi connectivity index (χ0v) is 16.3. The van der Waals surface area contributed by atoms with Gasteiger partial charge in [0.15, 0.2) is 0 Å². The summed E-state index contributed by atoms with van der Waals surface area (Å²) < 4.78 is 10.3. The topological polar surface area (TPSA) is 98.9 Å². The number of aliphatic hydroxyl groups is 1. The lowest BCUT2D eigenvalue weighted by Crippen LogP contribution is -2.49. The Labute approximate surface area is 169 Å². The molecule has 1 aliphatic heterocycles. The molecule has 1 aromatic carbocycles. The Morgan fingerprint density at radius 1 is 1.24 bits per heavy atom. The summed E-state index contributed by atoms with van der Waals surface area (Å²) >= 11 is 0. The third-order valence-corrected chi connectivity index (χ3v) is 4.77. The maximum atomic E-state index is 11.4. The number of anilines is 1. The van der Waals surface area contributed by atoms with Crippen molar-refractivity contribution >= 4 is 11.8 Å². The van der Waals surface area contributed by atoms with Crippen molar-refractivity contribution in [3.63, 3.8) is 0 Å². The van der Waals surface area contributed by atoms with Gasteiger partial charge in [0.25, 0.3) is 0 Å². The van der Waals surface area contributed by atoms with Crippen molar-refractivity contribution in [2.75, 3.05) is 51.3 Å². The van der Waals surface area contributed by atoms with E-state index in [1.807, 2.05) is 0 Å². The van der Waals surface area contributed by atoms with Crippen molar-refractivity contribution in [1.29, 1.82) is 5.26 Å². The second-order valence-corrected chi connectivity index (χ2v) is 6.75. The molecule has 1 fully saturated rings. The van der Waals surface area contributed by atoms with Crippen LogP contribution in [0.1, 0.15) is 15.9 Å². The van der Waals surface area contributed by atoms with E-state index in [9.17, 15) is 15.2 Å². The molecule has 0 unspecified atom stereocenters. The maximum absolute atomic E-state index is 11.4.